The predicted octanol–water partition coefficient (Wildman–Crippen LogP) is 3.92. The Hall–Kier alpha value is -3.97. The zero-order valence-corrected chi connectivity index (χ0v) is 17.2. The summed E-state index contributed by atoms with van der Waals surface area (Å²) in [5.41, 5.74) is 5.37. The molecule has 0 saturated heterocycles. The number of carbonyl (C=O) groups is 2. The third-order valence-corrected chi connectivity index (χ3v) is 5.32. The highest BCUT2D eigenvalue weighted by molar-refractivity contribution is 6.07. The molecule has 3 N–H and O–H groups in total. The normalized spacial score (nSPS) is 10.8. The quantitative estimate of drug-likeness (QED) is 0.306. The van der Waals surface area contributed by atoms with Gasteiger partial charge < -0.3 is 9.88 Å². The smallest absolute Gasteiger partial charge is 0.274 e. The van der Waals surface area contributed by atoms with Gasteiger partial charge in [-0.1, -0.05) is 42.5 Å². The van der Waals surface area contributed by atoms with Crippen molar-refractivity contribution in [2.45, 2.75) is 13.0 Å². The van der Waals surface area contributed by atoms with E-state index in [9.17, 15) is 14.0 Å². The second kappa shape index (κ2) is 9.45. The van der Waals surface area contributed by atoms with Gasteiger partial charge in [-0.2, -0.15) is 0 Å². The second-order valence-electron chi connectivity index (χ2n) is 7.46. The summed E-state index contributed by atoms with van der Waals surface area (Å²) < 4.78 is 15.0. The fourth-order valence-electron chi connectivity index (χ4n) is 3.65. The molecule has 6 nitrogen and oxygen atoms in total. The highest BCUT2D eigenvalue weighted by Gasteiger charge is 2.15. The number of hydrogen-bond acceptors (Lipinski definition) is 3. The van der Waals surface area contributed by atoms with Gasteiger partial charge in [-0.3, -0.25) is 14.8 Å². The summed E-state index contributed by atoms with van der Waals surface area (Å²) in [6.45, 7) is 0.961. The van der Waals surface area contributed by atoms with Gasteiger partial charge in [0.05, 0.1) is 5.56 Å². The maximum Gasteiger partial charge on any atom is 0.274 e. The molecule has 0 unspecified atom stereocenters. The minimum Gasteiger partial charge on any atom is -0.352 e. The SMILES string of the molecule is O=C(NO)c1ccc(Cn2cc(C(=O)NCCc3ccc(F)cc3)c3ccccc32)cc1. The van der Waals surface area contributed by atoms with Gasteiger partial charge in [0.2, 0.25) is 0 Å². The number of nitrogens with one attached hydrogen (secondary N) is 2. The highest BCUT2D eigenvalue weighted by atomic mass is 19.1. The maximum atomic E-state index is 13.0. The van der Waals surface area contributed by atoms with Gasteiger partial charge in [-0.05, 0) is 47.9 Å². The number of rotatable bonds is 7. The van der Waals surface area contributed by atoms with E-state index >= 15 is 0 Å². The van der Waals surface area contributed by atoms with Crippen LogP contribution in [0.4, 0.5) is 4.39 Å². The van der Waals surface area contributed by atoms with E-state index in [0.29, 0.717) is 30.6 Å². The summed E-state index contributed by atoms with van der Waals surface area (Å²) in [6, 6.07) is 20.8. The van der Waals surface area contributed by atoms with Crippen LogP contribution in [0.1, 0.15) is 31.8 Å². The molecule has 0 radical (unpaired) electrons. The Morgan fingerprint density at radius 1 is 0.875 bits per heavy atom. The Morgan fingerprint density at radius 3 is 2.28 bits per heavy atom. The number of amides is 2. The Morgan fingerprint density at radius 2 is 1.56 bits per heavy atom. The lowest BCUT2D eigenvalue weighted by molar-refractivity contribution is 0.0706. The lowest BCUT2D eigenvalue weighted by atomic mass is 10.1. The van der Waals surface area contributed by atoms with Gasteiger partial charge in [0.1, 0.15) is 5.82 Å². The molecule has 0 aliphatic heterocycles. The Labute approximate surface area is 184 Å². The molecule has 162 valence electrons. The number of nitrogens with zero attached hydrogens (tertiary/aromatic N) is 1. The summed E-state index contributed by atoms with van der Waals surface area (Å²) in [5.74, 6) is -1.02. The molecule has 0 spiro atoms. The maximum absolute atomic E-state index is 13.0. The van der Waals surface area contributed by atoms with Crippen molar-refractivity contribution in [3.05, 3.63) is 107 Å². The van der Waals surface area contributed by atoms with Crippen molar-refractivity contribution in [3.63, 3.8) is 0 Å². The predicted molar refractivity (Wildman–Crippen MR) is 119 cm³/mol. The van der Waals surface area contributed by atoms with E-state index in [1.54, 1.807) is 29.7 Å². The average Bonchev–Trinajstić information content (AvgIpc) is 3.19. The summed E-state index contributed by atoms with van der Waals surface area (Å²) in [4.78, 5) is 24.4. The van der Waals surface area contributed by atoms with Gasteiger partial charge in [0.15, 0.2) is 0 Å². The molecule has 2 amide bonds. The summed E-state index contributed by atoms with van der Waals surface area (Å²) in [5, 5.41) is 12.5. The van der Waals surface area contributed by atoms with Crippen molar-refractivity contribution in [1.82, 2.24) is 15.4 Å². The van der Waals surface area contributed by atoms with E-state index in [2.05, 4.69) is 5.32 Å². The molecule has 0 aliphatic carbocycles. The molecule has 0 atom stereocenters. The fourth-order valence-corrected chi connectivity index (χ4v) is 3.65. The first-order valence-corrected chi connectivity index (χ1v) is 10.2. The van der Waals surface area contributed by atoms with Gasteiger partial charge in [0, 0.05) is 35.8 Å². The first kappa shape index (κ1) is 21.3. The van der Waals surface area contributed by atoms with E-state index in [1.165, 1.54) is 12.1 Å². The number of aromatic nitrogens is 1. The monoisotopic (exact) mass is 431 g/mol. The van der Waals surface area contributed by atoms with E-state index in [0.717, 1.165) is 22.0 Å². The standard InChI is InChI=1S/C25H22FN3O3/c26-20-11-7-17(8-12-20)13-14-27-25(31)22-16-29(23-4-2-1-3-21(22)23)15-18-5-9-19(10-6-18)24(30)28-32/h1-12,16,32H,13-15H2,(H,27,31)(H,28,30). The van der Waals surface area contributed by atoms with Crippen LogP contribution in [0.25, 0.3) is 10.9 Å². The molecular weight excluding hydrogens is 409 g/mol. The van der Waals surface area contributed by atoms with Crippen molar-refractivity contribution < 1.29 is 19.2 Å². The fraction of sp³-hybridized carbons (Fsp3) is 0.120. The molecule has 3 aromatic carbocycles. The van der Waals surface area contributed by atoms with Crippen LogP contribution in [-0.4, -0.2) is 28.1 Å². The molecule has 7 heteroatoms. The van der Waals surface area contributed by atoms with Crippen LogP contribution in [0.2, 0.25) is 0 Å². The zero-order chi connectivity index (χ0) is 22.5. The van der Waals surface area contributed by atoms with Crippen LogP contribution >= 0.6 is 0 Å². The van der Waals surface area contributed by atoms with Gasteiger partial charge in [-0.25, -0.2) is 9.87 Å². The zero-order valence-electron chi connectivity index (χ0n) is 17.2. The summed E-state index contributed by atoms with van der Waals surface area (Å²) >= 11 is 0. The molecule has 1 heterocycles. The number of hydrogen-bond donors (Lipinski definition) is 3. The topological polar surface area (TPSA) is 83.4 Å². The van der Waals surface area contributed by atoms with Crippen molar-refractivity contribution in [2.75, 3.05) is 6.54 Å². The Balaban J connectivity index is 1.50. The molecular formula is C25H22FN3O3. The molecule has 32 heavy (non-hydrogen) atoms. The third kappa shape index (κ3) is 4.68. The molecule has 4 aromatic rings. The molecule has 1 aromatic heterocycles. The van der Waals surface area contributed by atoms with Crippen LogP contribution in [0.15, 0.2) is 79.0 Å². The van der Waals surface area contributed by atoms with Crippen molar-refractivity contribution in [1.29, 1.82) is 0 Å². The Kier molecular flexibility index (Phi) is 6.28. The number of hydroxylamine groups is 1. The largest absolute Gasteiger partial charge is 0.352 e. The number of fused-ring (bicyclic) bond motifs is 1. The lowest BCUT2D eigenvalue weighted by Crippen LogP contribution is -2.25. The highest BCUT2D eigenvalue weighted by Crippen LogP contribution is 2.22. The average molecular weight is 431 g/mol. The number of carbonyl (C=O) groups excluding carboxylic acids is 2. The van der Waals surface area contributed by atoms with E-state index < -0.39 is 5.91 Å². The van der Waals surface area contributed by atoms with Crippen LogP contribution in [0.3, 0.4) is 0 Å². The van der Waals surface area contributed by atoms with Gasteiger partial charge in [-0.15, -0.1) is 0 Å². The molecule has 0 fully saturated rings. The first-order valence-electron chi connectivity index (χ1n) is 10.2. The van der Waals surface area contributed by atoms with Crippen LogP contribution in [0, 0.1) is 5.82 Å². The lowest BCUT2D eigenvalue weighted by Gasteiger charge is -2.06. The van der Waals surface area contributed by atoms with Crippen molar-refractivity contribution in [3.8, 4) is 0 Å². The summed E-state index contributed by atoms with van der Waals surface area (Å²) in [6.07, 6.45) is 2.44. The number of para-hydroxylation sites is 1. The second-order valence-corrected chi connectivity index (χ2v) is 7.46. The molecule has 0 aliphatic rings. The molecule has 0 bridgehead atoms. The van der Waals surface area contributed by atoms with Crippen molar-refractivity contribution in [2.24, 2.45) is 0 Å². The third-order valence-electron chi connectivity index (χ3n) is 5.32. The van der Waals surface area contributed by atoms with Crippen LogP contribution in [-0.2, 0) is 13.0 Å². The number of halogens is 1. The minimum atomic E-state index is -0.567. The van der Waals surface area contributed by atoms with E-state index in [-0.39, 0.29) is 11.7 Å². The molecule has 0 saturated carbocycles. The van der Waals surface area contributed by atoms with Crippen molar-refractivity contribution >= 4 is 22.7 Å². The Bertz CT molecular complexity index is 1250. The van der Waals surface area contributed by atoms with Crippen LogP contribution in [0.5, 0.6) is 0 Å². The minimum absolute atomic E-state index is 0.169. The van der Waals surface area contributed by atoms with Gasteiger partial charge in [0.25, 0.3) is 11.8 Å². The first-order chi connectivity index (χ1) is 15.5. The van der Waals surface area contributed by atoms with E-state index in [4.69, 9.17) is 5.21 Å². The summed E-state index contributed by atoms with van der Waals surface area (Å²) in [7, 11) is 0. The van der Waals surface area contributed by atoms with E-state index in [1.807, 2.05) is 47.2 Å². The molecule has 4 rings (SSSR count). The van der Waals surface area contributed by atoms with Gasteiger partial charge >= 0.3 is 0 Å². The number of benzene rings is 3. The van der Waals surface area contributed by atoms with Crippen LogP contribution < -0.4 is 10.8 Å².